The number of carbonyl (C=O) groups excluding carboxylic acids is 1. The van der Waals surface area contributed by atoms with Crippen molar-refractivity contribution in [1.82, 2.24) is 9.62 Å². The second-order valence-electron chi connectivity index (χ2n) is 6.30. The average Bonchev–Trinajstić information content (AvgIpc) is 3.17. The number of ether oxygens (including phenoxy) is 1. The average molecular weight is 392 g/mol. The highest BCUT2D eigenvalue weighted by molar-refractivity contribution is 7.89. The van der Waals surface area contributed by atoms with Gasteiger partial charge in [-0.3, -0.25) is 4.79 Å². The van der Waals surface area contributed by atoms with E-state index in [0.29, 0.717) is 18.6 Å². The van der Waals surface area contributed by atoms with Gasteiger partial charge in [-0.1, -0.05) is 12.1 Å². The molecule has 0 spiro atoms. The lowest BCUT2D eigenvalue weighted by Gasteiger charge is -2.23. The van der Waals surface area contributed by atoms with Crippen molar-refractivity contribution in [2.75, 3.05) is 13.7 Å². The molecule has 1 heterocycles. The lowest BCUT2D eigenvalue weighted by molar-refractivity contribution is -0.124. The standard InChI is InChI=1S/C19H21FN2O4S/c1-26-16-5-2-4-14(12-16)13-21-19(23)18-6-3-11-22(18)27(24,25)17-9-7-15(20)8-10-17/h2,4-5,7-10,12,18H,3,6,11,13H2,1H3,(H,21,23)/t18-/m0/s1. The van der Waals surface area contributed by atoms with Crippen molar-refractivity contribution in [3.63, 3.8) is 0 Å². The predicted molar refractivity (Wildman–Crippen MR) is 98.2 cm³/mol. The van der Waals surface area contributed by atoms with Gasteiger partial charge in [0.15, 0.2) is 0 Å². The number of nitrogens with zero attached hydrogens (tertiary/aromatic N) is 1. The topological polar surface area (TPSA) is 75.7 Å². The molecule has 1 N–H and O–H groups in total. The second kappa shape index (κ2) is 8.06. The molecule has 3 rings (SSSR count). The van der Waals surface area contributed by atoms with Gasteiger partial charge in [0.1, 0.15) is 17.6 Å². The van der Waals surface area contributed by atoms with Crippen LogP contribution in [-0.2, 0) is 21.4 Å². The van der Waals surface area contributed by atoms with Crippen molar-refractivity contribution in [3.05, 3.63) is 59.9 Å². The van der Waals surface area contributed by atoms with Gasteiger partial charge < -0.3 is 10.1 Å². The summed E-state index contributed by atoms with van der Waals surface area (Å²) in [5, 5.41) is 2.79. The van der Waals surface area contributed by atoms with Crippen LogP contribution in [0.1, 0.15) is 18.4 Å². The first-order valence-corrected chi connectivity index (χ1v) is 10.0. The van der Waals surface area contributed by atoms with E-state index in [0.717, 1.165) is 17.7 Å². The molecule has 1 saturated heterocycles. The Morgan fingerprint density at radius 1 is 1.26 bits per heavy atom. The molecule has 0 unspecified atom stereocenters. The summed E-state index contributed by atoms with van der Waals surface area (Å²) in [5.41, 5.74) is 0.855. The molecule has 0 saturated carbocycles. The third kappa shape index (κ3) is 4.28. The summed E-state index contributed by atoms with van der Waals surface area (Å²) in [6.07, 6.45) is 1.04. The maximum atomic E-state index is 13.1. The van der Waals surface area contributed by atoms with Gasteiger partial charge in [0, 0.05) is 13.1 Å². The third-order valence-corrected chi connectivity index (χ3v) is 6.45. The normalized spacial score (nSPS) is 17.6. The Labute approximate surface area is 158 Å². The molecule has 1 aliphatic heterocycles. The number of amides is 1. The zero-order valence-corrected chi connectivity index (χ0v) is 15.7. The Morgan fingerprint density at radius 2 is 2.00 bits per heavy atom. The highest BCUT2D eigenvalue weighted by Crippen LogP contribution is 2.26. The zero-order valence-electron chi connectivity index (χ0n) is 14.9. The molecule has 144 valence electrons. The van der Waals surface area contributed by atoms with Crippen molar-refractivity contribution < 1.29 is 22.3 Å². The fraction of sp³-hybridized carbons (Fsp3) is 0.316. The Balaban J connectivity index is 1.71. The molecule has 1 atom stereocenters. The molecule has 2 aromatic carbocycles. The minimum absolute atomic E-state index is 0.0172. The molecule has 0 aliphatic carbocycles. The van der Waals surface area contributed by atoms with Gasteiger partial charge in [-0.2, -0.15) is 4.31 Å². The fourth-order valence-electron chi connectivity index (χ4n) is 3.12. The summed E-state index contributed by atoms with van der Waals surface area (Å²) in [6.45, 7) is 0.536. The first-order chi connectivity index (χ1) is 12.9. The number of rotatable bonds is 6. The van der Waals surface area contributed by atoms with Crippen LogP contribution in [0.2, 0.25) is 0 Å². The van der Waals surface area contributed by atoms with E-state index >= 15 is 0 Å². The minimum atomic E-state index is -3.86. The Morgan fingerprint density at radius 3 is 2.70 bits per heavy atom. The number of halogens is 1. The molecule has 1 fully saturated rings. The van der Waals surface area contributed by atoms with Gasteiger partial charge in [-0.05, 0) is 54.8 Å². The summed E-state index contributed by atoms with van der Waals surface area (Å²) in [5.74, 6) is -0.174. The minimum Gasteiger partial charge on any atom is -0.497 e. The summed E-state index contributed by atoms with van der Waals surface area (Å²) in [4.78, 5) is 12.6. The number of carbonyl (C=O) groups is 1. The van der Waals surface area contributed by atoms with E-state index in [4.69, 9.17) is 4.74 Å². The molecule has 1 amide bonds. The number of hydrogen-bond donors (Lipinski definition) is 1. The van der Waals surface area contributed by atoms with Crippen LogP contribution in [0.25, 0.3) is 0 Å². The van der Waals surface area contributed by atoms with E-state index in [-0.39, 0.29) is 23.9 Å². The van der Waals surface area contributed by atoms with Crippen LogP contribution >= 0.6 is 0 Å². The van der Waals surface area contributed by atoms with Gasteiger partial charge in [-0.15, -0.1) is 0 Å². The molecule has 27 heavy (non-hydrogen) atoms. The molecule has 6 nitrogen and oxygen atoms in total. The predicted octanol–water partition coefficient (Wildman–Crippen LogP) is 2.30. The van der Waals surface area contributed by atoms with Crippen LogP contribution in [-0.4, -0.2) is 38.3 Å². The summed E-state index contributed by atoms with van der Waals surface area (Å²) < 4.78 is 45.1. The lowest BCUT2D eigenvalue weighted by atomic mass is 10.2. The van der Waals surface area contributed by atoms with E-state index < -0.39 is 21.9 Å². The van der Waals surface area contributed by atoms with Crippen LogP contribution in [0.15, 0.2) is 53.4 Å². The highest BCUT2D eigenvalue weighted by atomic mass is 32.2. The Bertz CT molecular complexity index is 916. The Kier molecular flexibility index (Phi) is 5.76. The number of nitrogens with one attached hydrogen (secondary N) is 1. The second-order valence-corrected chi connectivity index (χ2v) is 8.19. The third-order valence-electron chi connectivity index (χ3n) is 4.53. The molecule has 8 heteroatoms. The smallest absolute Gasteiger partial charge is 0.243 e. The van der Waals surface area contributed by atoms with Crippen LogP contribution < -0.4 is 10.1 Å². The largest absolute Gasteiger partial charge is 0.497 e. The van der Waals surface area contributed by atoms with Gasteiger partial charge in [0.2, 0.25) is 15.9 Å². The van der Waals surface area contributed by atoms with E-state index in [1.807, 2.05) is 18.2 Å². The Hall–Kier alpha value is -2.45. The van der Waals surface area contributed by atoms with Crippen molar-refractivity contribution in [2.45, 2.75) is 30.3 Å². The summed E-state index contributed by atoms with van der Waals surface area (Å²) in [6, 6.07) is 11.1. The lowest BCUT2D eigenvalue weighted by Crippen LogP contribution is -2.45. The molecule has 0 bridgehead atoms. The van der Waals surface area contributed by atoms with E-state index in [2.05, 4.69) is 5.32 Å². The molecule has 0 aromatic heterocycles. The van der Waals surface area contributed by atoms with E-state index in [1.54, 1.807) is 13.2 Å². The van der Waals surface area contributed by atoms with Crippen LogP contribution in [0.4, 0.5) is 4.39 Å². The molecule has 2 aromatic rings. The van der Waals surface area contributed by atoms with Gasteiger partial charge in [-0.25, -0.2) is 12.8 Å². The quantitative estimate of drug-likeness (QED) is 0.819. The summed E-state index contributed by atoms with van der Waals surface area (Å²) in [7, 11) is -2.29. The SMILES string of the molecule is COc1cccc(CNC(=O)[C@@H]2CCCN2S(=O)(=O)c2ccc(F)cc2)c1. The maximum Gasteiger partial charge on any atom is 0.243 e. The van der Waals surface area contributed by atoms with E-state index in [9.17, 15) is 17.6 Å². The van der Waals surface area contributed by atoms with Crippen LogP contribution in [0.3, 0.4) is 0 Å². The van der Waals surface area contributed by atoms with Crippen molar-refractivity contribution in [3.8, 4) is 5.75 Å². The number of benzene rings is 2. The van der Waals surface area contributed by atoms with E-state index in [1.165, 1.54) is 16.4 Å². The van der Waals surface area contributed by atoms with Crippen LogP contribution in [0, 0.1) is 5.82 Å². The first kappa shape index (κ1) is 19.3. The van der Waals surface area contributed by atoms with Gasteiger partial charge >= 0.3 is 0 Å². The number of hydrogen-bond acceptors (Lipinski definition) is 4. The fourth-order valence-corrected chi connectivity index (χ4v) is 4.78. The molecular weight excluding hydrogens is 371 g/mol. The first-order valence-electron chi connectivity index (χ1n) is 8.60. The van der Waals surface area contributed by atoms with Crippen molar-refractivity contribution in [2.24, 2.45) is 0 Å². The molecule has 0 radical (unpaired) electrons. The zero-order chi connectivity index (χ0) is 19.4. The monoisotopic (exact) mass is 392 g/mol. The van der Waals surface area contributed by atoms with Crippen LogP contribution in [0.5, 0.6) is 5.75 Å². The molecule has 1 aliphatic rings. The number of methoxy groups -OCH3 is 1. The number of sulfonamides is 1. The van der Waals surface area contributed by atoms with Crippen molar-refractivity contribution in [1.29, 1.82) is 0 Å². The van der Waals surface area contributed by atoms with Gasteiger partial charge in [0.05, 0.1) is 12.0 Å². The summed E-state index contributed by atoms with van der Waals surface area (Å²) >= 11 is 0. The maximum absolute atomic E-state index is 13.1. The van der Waals surface area contributed by atoms with Gasteiger partial charge in [0.25, 0.3) is 0 Å². The highest BCUT2D eigenvalue weighted by Gasteiger charge is 2.39. The molecular formula is C19H21FN2O4S. The van der Waals surface area contributed by atoms with Crippen molar-refractivity contribution >= 4 is 15.9 Å².